The highest BCUT2D eigenvalue weighted by atomic mass is 16.5. The molecule has 5 rings (SSSR count). The molecule has 0 fully saturated rings. The number of nitrogens with zero attached hydrogens (tertiary/aromatic N) is 2. The predicted molar refractivity (Wildman–Crippen MR) is 124 cm³/mol. The highest BCUT2D eigenvalue weighted by Crippen LogP contribution is 2.44. The van der Waals surface area contributed by atoms with Crippen LogP contribution in [0.2, 0.25) is 0 Å². The Morgan fingerprint density at radius 1 is 1.31 bits per heavy atom. The number of rotatable bonds is 3. The number of carbonyl (C=O) groups excluding carboxylic acids is 1. The SMILES string of the molecule is C=CC(=O)Nc1cccc2c1OCc1[nH]c(=O)c3c(N)n(-c4cc(C)ccc4C)nc3c1-2. The van der Waals surface area contributed by atoms with Crippen LogP contribution in [0.1, 0.15) is 16.8 Å². The number of aromatic nitrogens is 3. The highest BCUT2D eigenvalue weighted by molar-refractivity contribution is 6.05. The van der Waals surface area contributed by atoms with Gasteiger partial charge < -0.3 is 20.8 Å². The highest BCUT2D eigenvalue weighted by Gasteiger charge is 2.28. The summed E-state index contributed by atoms with van der Waals surface area (Å²) in [5, 5.41) is 7.86. The molecule has 0 aliphatic carbocycles. The first-order chi connectivity index (χ1) is 15.4. The molecule has 0 atom stereocenters. The number of benzene rings is 2. The van der Waals surface area contributed by atoms with E-state index >= 15 is 0 Å². The second-order valence-electron chi connectivity index (χ2n) is 7.78. The van der Waals surface area contributed by atoms with Crippen LogP contribution < -0.4 is 21.3 Å². The normalized spacial score (nSPS) is 12.1. The lowest BCUT2D eigenvalue weighted by Gasteiger charge is -2.23. The van der Waals surface area contributed by atoms with E-state index in [1.54, 1.807) is 16.8 Å². The summed E-state index contributed by atoms with van der Waals surface area (Å²) in [7, 11) is 0. The first kappa shape index (κ1) is 19.6. The van der Waals surface area contributed by atoms with Crippen LogP contribution in [0.25, 0.3) is 27.7 Å². The number of ether oxygens (including phenoxy) is 1. The third-order valence-corrected chi connectivity index (χ3v) is 5.63. The molecule has 4 N–H and O–H groups in total. The van der Waals surface area contributed by atoms with Gasteiger partial charge in [0.15, 0.2) is 5.75 Å². The van der Waals surface area contributed by atoms with E-state index in [1.165, 1.54) is 6.08 Å². The summed E-state index contributed by atoms with van der Waals surface area (Å²) in [5.74, 6) is 0.424. The molecule has 1 amide bonds. The Labute approximate surface area is 183 Å². The molecule has 1 aliphatic rings. The van der Waals surface area contributed by atoms with Crippen molar-refractivity contribution in [2.75, 3.05) is 11.1 Å². The maximum absolute atomic E-state index is 12.9. The van der Waals surface area contributed by atoms with Gasteiger partial charge >= 0.3 is 0 Å². The number of nitrogens with two attached hydrogens (primary N) is 1. The summed E-state index contributed by atoms with van der Waals surface area (Å²) in [6, 6.07) is 11.4. The largest absolute Gasteiger partial charge is 0.485 e. The van der Waals surface area contributed by atoms with Gasteiger partial charge in [-0.1, -0.05) is 30.8 Å². The number of pyridine rings is 1. The summed E-state index contributed by atoms with van der Waals surface area (Å²) < 4.78 is 7.51. The molecule has 2 aromatic carbocycles. The number of hydrogen-bond acceptors (Lipinski definition) is 5. The van der Waals surface area contributed by atoms with Gasteiger partial charge in [-0.15, -0.1) is 0 Å². The van der Waals surface area contributed by atoms with Crippen LogP contribution in [-0.4, -0.2) is 20.7 Å². The van der Waals surface area contributed by atoms with E-state index in [4.69, 9.17) is 15.6 Å². The Morgan fingerprint density at radius 2 is 2.12 bits per heavy atom. The van der Waals surface area contributed by atoms with Crippen LogP contribution in [0.4, 0.5) is 11.5 Å². The first-order valence-corrected chi connectivity index (χ1v) is 10.1. The van der Waals surface area contributed by atoms with E-state index in [1.807, 2.05) is 38.1 Å². The van der Waals surface area contributed by atoms with E-state index in [0.717, 1.165) is 22.4 Å². The minimum absolute atomic E-state index is 0.130. The third kappa shape index (κ3) is 2.88. The van der Waals surface area contributed by atoms with Gasteiger partial charge in [-0.2, -0.15) is 5.10 Å². The van der Waals surface area contributed by atoms with E-state index in [-0.39, 0.29) is 23.9 Å². The Bertz CT molecular complexity index is 1500. The van der Waals surface area contributed by atoms with E-state index < -0.39 is 0 Å². The zero-order valence-corrected chi connectivity index (χ0v) is 17.7. The number of fused-ring (bicyclic) bond motifs is 5. The summed E-state index contributed by atoms with van der Waals surface area (Å²) in [6.45, 7) is 7.58. The molecule has 0 saturated carbocycles. The van der Waals surface area contributed by atoms with E-state index in [9.17, 15) is 9.59 Å². The van der Waals surface area contributed by atoms with E-state index in [0.29, 0.717) is 33.6 Å². The van der Waals surface area contributed by atoms with Gasteiger partial charge in [-0.3, -0.25) is 9.59 Å². The zero-order chi connectivity index (χ0) is 22.6. The molecule has 160 valence electrons. The monoisotopic (exact) mass is 427 g/mol. The van der Waals surface area contributed by atoms with Crippen LogP contribution in [0, 0.1) is 13.8 Å². The van der Waals surface area contributed by atoms with Crippen molar-refractivity contribution in [1.82, 2.24) is 14.8 Å². The third-order valence-electron chi connectivity index (χ3n) is 5.63. The molecule has 0 unspecified atom stereocenters. The van der Waals surface area contributed by atoms with Crippen molar-refractivity contribution in [3.8, 4) is 22.6 Å². The average Bonchev–Trinajstić information content (AvgIpc) is 3.12. The number of amides is 1. The average molecular weight is 427 g/mol. The molecule has 8 nitrogen and oxygen atoms in total. The van der Waals surface area contributed by atoms with Crippen molar-refractivity contribution in [1.29, 1.82) is 0 Å². The molecular formula is C24H21N5O3. The maximum Gasteiger partial charge on any atom is 0.261 e. The molecule has 8 heteroatoms. The molecule has 4 aromatic rings. The minimum atomic E-state index is -0.345. The van der Waals surface area contributed by atoms with Gasteiger partial charge in [0, 0.05) is 11.1 Å². The van der Waals surface area contributed by atoms with Crippen molar-refractivity contribution in [2.24, 2.45) is 0 Å². The van der Waals surface area contributed by atoms with Crippen molar-refractivity contribution >= 4 is 28.3 Å². The Hall–Kier alpha value is -4.33. The summed E-state index contributed by atoms with van der Waals surface area (Å²) in [5.41, 5.74) is 12.0. The van der Waals surface area contributed by atoms with Crippen LogP contribution in [0.15, 0.2) is 53.8 Å². The number of hydrogen-bond donors (Lipinski definition) is 3. The standard InChI is InChI=1S/C24H21N5O3/c1-4-18(30)26-15-7-5-6-14-19-16(11-32-22(14)15)27-24(31)20-21(19)28-29(23(20)25)17-10-12(2)8-9-13(17)3/h4-10H,1,11,25H2,2-3H3,(H,26,30)(H,27,31). The fraction of sp³-hybridized carbons (Fsp3) is 0.125. The second kappa shape index (κ2) is 7.12. The summed E-state index contributed by atoms with van der Waals surface area (Å²) in [4.78, 5) is 27.7. The Kier molecular flexibility index (Phi) is 4.37. The molecule has 0 radical (unpaired) electrons. The quantitative estimate of drug-likeness (QED) is 0.432. The number of aryl methyl sites for hydroxylation is 2. The van der Waals surface area contributed by atoms with Crippen LogP contribution in [0.5, 0.6) is 5.75 Å². The minimum Gasteiger partial charge on any atom is -0.485 e. The molecule has 0 saturated heterocycles. The maximum atomic E-state index is 12.9. The Morgan fingerprint density at radius 3 is 2.91 bits per heavy atom. The van der Waals surface area contributed by atoms with Gasteiger partial charge in [-0.05, 0) is 43.2 Å². The fourth-order valence-electron chi connectivity index (χ4n) is 4.08. The fourth-order valence-corrected chi connectivity index (χ4v) is 4.08. The van der Waals surface area contributed by atoms with Gasteiger partial charge in [0.2, 0.25) is 5.91 Å². The lowest BCUT2D eigenvalue weighted by Crippen LogP contribution is -2.18. The molecular weight excluding hydrogens is 406 g/mol. The van der Waals surface area contributed by atoms with Crippen molar-refractivity contribution in [2.45, 2.75) is 20.5 Å². The van der Waals surface area contributed by atoms with Crippen molar-refractivity contribution in [3.05, 3.63) is 76.2 Å². The second-order valence-corrected chi connectivity index (χ2v) is 7.78. The number of aromatic amines is 1. The lowest BCUT2D eigenvalue weighted by molar-refractivity contribution is -0.111. The van der Waals surface area contributed by atoms with Crippen molar-refractivity contribution < 1.29 is 9.53 Å². The number of carbonyl (C=O) groups is 1. The topological polar surface area (TPSA) is 115 Å². The van der Waals surface area contributed by atoms with Gasteiger partial charge in [-0.25, -0.2) is 4.68 Å². The molecule has 32 heavy (non-hydrogen) atoms. The van der Waals surface area contributed by atoms with E-state index in [2.05, 4.69) is 16.9 Å². The number of anilines is 2. The van der Waals surface area contributed by atoms with Crippen LogP contribution in [-0.2, 0) is 11.4 Å². The van der Waals surface area contributed by atoms with Gasteiger partial charge in [0.05, 0.1) is 17.1 Å². The zero-order valence-electron chi connectivity index (χ0n) is 17.7. The lowest BCUT2D eigenvalue weighted by atomic mass is 9.98. The van der Waals surface area contributed by atoms with Crippen LogP contribution >= 0.6 is 0 Å². The van der Waals surface area contributed by atoms with Crippen molar-refractivity contribution in [3.63, 3.8) is 0 Å². The summed E-state index contributed by atoms with van der Waals surface area (Å²) >= 11 is 0. The molecule has 3 heterocycles. The smallest absolute Gasteiger partial charge is 0.261 e. The first-order valence-electron chi connectivity index (χ1n) is 10.1. The molecule has 0 bridgehead atoms. The molecule has 2 aromatic heterocycles. The number of nitrogens with one attached hydrogen (secondary N) is 2. The predicted octanol–water partition coefficient (Wildman–Crippen LogP) is 3.60. The number of para-hydroxylation sites is 1. The number of nitrogen functional groups attached to an aromatic ring is 1. The molecule has 1 aliphatic heterocycles. The summed E-state index contributed by atoms with van der Waals surface area (Å²) in [6.07, 6.45) is 1.19. The molecule has 0 spiro atoms. The number of H-pyrrole nitrogens is 1. The van der Waals surface area contributed by atoms with Gasteiger partial charge in [0.25, 0.3) is 5.56 Å². The Balaban J connectivity index is 1.80. The van der Waals surface area contributed by atoms with Gasteiger partial charge in [0.1, 0.15) is 23.3 Å². The van der Waals surface area contributed by atoms with Crippen LogP contribution in [0.3, 0.4) is 0 Å².